The van der Waals surface area contributed by atoms with E-state index in [0.29, 0.717) is 21.8 Å². The van der Waals surface area contributed by atoms with Crippen LogP contribution in [-0.2, 0) is 9.53 Å². The number of imide groups is 1. The van der Waals surface area contributed by atoms with Crippen molar-refractivity contribution in [3.8, 4) is 0 Å². The lowest BCUT2D eigenvalue weighted by Gasteiger charge is -2.28. The maximum Gasteiger partial charge on any atom is 0.337 e. The van der Waals surface area contributed by atoms with Gasteiger partial charge >= 0.3 is 12.0 Å². The Balaban J connectivity index is 2.45. The lowest BCUT2D eigenvalue weighted by atomic mass is 10.1. The van der Waals surface area contributed by atoms with Crippen molar-refractivity contribution >= 4 is 35.2 Å². The minimum atomic E-state index is -0.551. The highest BCUT2D eigenvalue weighted by Gasteiger charge is 2.27. The minimum absolute atomic E-state index is 0.184. The summed E-state index contributed by atoms with van der Waals surface area (Å²) in [6.07, 6.45) is 0.184. The van der Waals surface area contributed by atoms with E-state index in [1.165, 1.54) is 18.1 Å². The summed E-state index contributed by atoms with van der Waals surface area (Å²) in [5, 5.41) is 2.57. The van der Waals surface area contributed by atoms with Gasteiger partial charge < -0.3 is 4.74 Å². The van der Waals surface area contributed by atoms with Gasteiger partial charge in [-0.2, -0.15) is 0 Å². The van der Waals surface area contributed by atoms with Crippen LogP contribution in [0.25, 0.3) is 0 Å². The Hall–Kier alpha value is -2.08. The van der Waals surface area contributed by atoms with E-state index in [2.05, 4.69) is 10.1 Å². The molecule has 0 bridgehead atoms. The molecule has 0 saturated carbocycles. The molecular formula is C13H13ClN2O4. The number of carbonyl (C=O) groups is 3. The van der Waals surface area contributed by atoms with Gasteiger partial charge in [0.25, 0.3) is 0 Å². The fourth-order valence-corrected chi connectivity index (χ4v) is 2.19. The Labute approximate surface area is 120 Å². The zero-order valence-electron chi connectivity index (χ0n) is 11.0. The third-order valence-electron chi connectivity index (χ3n) is 3.00. The van der Waals surface area contributed by atoms with Gasteiger partial charge in [0.05, 0.1) is 23.4 Å². The van der Waals surface area contributed by atoms with Crippen LogP contribution >= 0.6 is 11.6 Å². The molecule has 2 rings (SSSR count). The van der Waals surface area contributed by atoms with Gasteiger partial charge in [-0.05, 0) is 24.6 Å². The highest BCUT2D eigenvalue weighted by molar-refractivity contribution is 6.35. The van der Waals surface area contributed by atoms with Crippen molar-refractivity contribution in [1.82, 2.24) is 5.32 Å². The highest BCUT2D eigenvalue weighted by Crippen LogP contribution is 2.31. The Morgan fingerprint density at radius 3 is 2.70 bits per heavy atom. The second-order valence-corrected chi connectivity index (χ2v) is 4.75. The number of esters is 1. The number of hydrogen-bond acceptors (Lipinski definition) is 4. The molecule has 1 fully saturated rings. The van der Waals surface area contributed by atoms with Gasteiger partial charge in [-0.3, -0.25) is 15.0 Å². The van der Waals surface area contributed by atoms with E-state index in [9.17, 15) is 14.4 Å². The Morgan fingerprint density at radius 1 is 1.40 bits per heavy atom. The molecule has 0 atom stereocenters. The van der Waals surface area contributed by atoms with Crippen LogP contribution in [0.5, 0.6) is 0 Å². The lowest BCUT2D eigenvalue weighted by molar-refractivity contribution is -0.120. The average Bonchev–Trinajstić information content (AvgIpc) is 2.41. The number of methoxy groups -OCH3 is 1. The van der Waals surface area contributed by atoms with Crippen LogP contribution < -0.4 is 10.2 Å². The molecule has 1 aliphatic rings. The molecule has 0 spiro atoms. The third kappa shape index (κ3) is 2.60. The lowest BCUT2D eigenvalue weighted by Crippen LogP contribution is -2.49. The smallest absolute Gasteiger partial charge is 0.337 e. The van der Waals surface area contributed by atoms with Gasteiger partial charge in [-0.15, -0.1) is 0 Å². The molecule has 1 saturated heterocycles. The maximum atomic E-state index is 11.8. The molecule has 1 N–H and O–H groups in total. The number of amides is 3. The van der Waals surface area contributed by atoms with Crippen molar-refractivity contribution in [2.45, 2.75) is 13.3 Å². The molecule has 20 heavy (non-hydrogen) atoms. The molecule has 7 heteroatoms. The summed E-state index contributed by atoms with van der Waals surface area (Å²) >= 11 is 6.19. The van der Waals surface area contributed by atoms with Gasteiger partial charge in [0.15, 0.2) is 0 Å². The first-order valence-electron chi connectivity index (χ1n) is 5.94. The number of nitrogens with one attached hydrogen (secondary N) is 1. The van der Waals surface area contributed by atoms with Gasteiger partial charge in [0.1, 0.15) is 0 Å². The van der Waals surface area contributed by atoms with E-state index in [0.717, 1.165) is 0 Å². The van der Waals surface area contributed by atoms with Gasteiger partial charge in [0, 0.05) is 13.0 Å². The first kappa shape index (κ1) is 14.3. The summed E-state index contributed by atoms with van der Waals surface area (Å²) in [7, 11) is 1.28. The number of aryl methyl sites for hydroxylation is 1. The van der Waals surface area contributed by atoms with E-state index < -0.39 is 12.0 Å². The molecule has 106 valence electrons. The van der Waals surface area contributed by atoms with Crippen molar-refractivity contribution in [2.24, 2.45) is 0 Å². The average molecular weight is 297 g/mol. The van der Waals surface area contributed by atoms with E-state index in [-0.39, 0.29) is 18.9 Å². The predicted molar refractivity (Wildman–Crippen MR) is 73.0 cm³/mol. The number of hydrogen-bond donors (Lipinski definition) is 1. The fourth-order valence-electron chi connectivity index (χ4n) is 1.98. The highest BCUT2D eigenvalue weighted by atomic mass is 35.5. The summed E-state index contributed by atoms with van der Waals surface area (Å²) in [5.74, 6) is -0.845. The van der Waals surface area contributed by atoms with Gasteiger partial charge in [-0.25, -0.2) is 9.59 Å². The Kier molecular flexibility index (Phi) is 3.94. The first-order chi connectivity index (χ1) is 9.43. The maximum absolute atomic E-state index is 11.8. The van der Waals surface area contributed by atoms with Gasteiger partial charge in [-0.1, -0.05) is 11.6 Å². The Morgan fingerprint density at radius 2 is 2.10 bits per heavy atom. The van der Waals surface area contributed by atoms with Crippen LogP contribution in [0, 0.1) is 6.92 Å². The third-order valence-corrected chi connectivity index (χ3v) is 3.49. The minimum Gasteiger partial charge on any atom is -0.465 e. The molecule has 0 aromatic heterocycles. The topological polar surface area (TPSA) is 75.7 Å². The molecule has 1 aromatic carbocycles. The monoisotopic (exact) mass is 296 g/mol. The largest absolute Gasteiger partial charge is 0.465 e. The number of rotatable bonds is 2. The predicted octanol–water partition coefficient (Wildman–Crippen LogP) is 1.88. The van der Waals surface area contributed by atoms with Crippen LogP contribution in [0.2, 0.25) is 5.02 Å². The van der Waals surface area contributed by atoms with Crippen molar-refractivity contribution in [3.05, 3.63) is 28.3 Å². The number of halogens is 1. The van der Waals surface area contributed by atoms with E-state index in [1.807, 2.05) is 0 Å². The van der Waals surface area contributed by atoms with Crippen LogP contribution in [0.15, 0.2) is 12.1 Å². The van der Waals surface area contributed by atoms with E-state index >= 15 is 0 Å². The summed E-state index contributed by atoms with van der Waals surface area (Å²) < 4.78 is 4.66. The SMILES string of the molecule is COC(=O)c1cc(C)c(Cl)c(N2CCC(=O)NC2=O)c1. The second kappa shape index (κ2) is 5.50. The molecular weight excluding hydrogens is 284 g/mol. The van der Waals surface area contributed by atoms with Crippen LogP contribution in [0.1, 0.15) is 22.3 Å². The first-order valence-corrected chi connectivity index (χ1v) is 6.31. The molecule has 0 radical (unpaired) electrons. The number of nitrogens with zero attached hydrogens (tertiary/aromatic N) is 1. The normalized spacial score (nSPS) is 15.1. The molecule has 0 unspecified atom stereocenters. The molecule has 1 aliphatic heterocycles. The number of carbonyl (C=O) groups excluding carboxylic acids is 3. The zero-order chi connectivity index (χ0) is 14.9. The second-order valence-electron chi connectivity index (χ2n) is 4.37. The zero-order valence-corrected chi connectivity index (χ0v) is 11.8. The number of urea groups is 1. The summed E-state index contributed by atoms with van der Waals surface area (Å²) in [4.78, 5) is 35.9. The fraction of sp³-hybridized carbons (Fsp3) is 0.308. The summed E-state index contributed by atoms with van der Waals surface area (Å²) in [5.41, 5.74) is 1.33. The van der Waals surface area contributed by atoms with E-state index in [4.69, 9.17) is 11.6 Å². The molecule has 0 aliphatic carbocycles. The molecule has 6 nitrogen and oxygen atoms in total. The number of anilines is 1. The quantitative estimate of drug-likeness (QED) is 0.846. The van der Waals surface area contributed by atoms with Crippen molar-refractivity contribution < 1.29 is 19.1 Å². The van der Waals surface area contributed by atoms with Crippen LogP contribution in [0.3, 0.4) is 0 Å². The number of ether oxygens (including phenoxy) is 1. The molecule has 1 heterocycles. The van der Waals surface area contributed by atoms with E-state index in [1.54, 1.807) is 13.0 Å². The van der Waals surface area contributed by atoms with Crippen LogP contribution in [0.4, 0.5) is 10.5 Å². The summed E-state index contributed by atoms with van der Waals surface area (Å²) in [6, 6.07) is 2.52. The molecule has 1 aromatic rings. The standard InChI is InChI=1S/C13H13ClN2O4/c1-7-5-8(12(18)20-2)6-9(11(7)14)16-4-3-10(17)15-13(16)19/h5-6H,3-4H2,1-2H3,(H,15,17,19). The van der Waals surface area contributed by atoms with Crippen molar-refractivity contribution in [2.75, 3.05) is 18.6 Å². The van der Waals surface area contributed by atoms with Crippen molar-refractivity contribution in [1.29, 1.82) is 0 Å². The Bertz CT molecular complexity index is 600. The van der Waals surface area contributed by atoms with Crippen molar-refractivity contribution in [3.63, 3.8) is 0 Å². The van der Waals surface area contributed by atoms with Crippen LogP contribution in [-0.4, -0.2) is 31.6 Å². The molecule has 3 amide bonds. The summed E-state index contributed by atoms with van der Waals surface area (Å²) in [6.45, 7) is 1.94. The number of benzene rings is 1. The van der Waals surface area contributed by atoms with Gasteiger partial charge in [0.2, 0.25) is 5.91 Å².